The minimum Gasteiger partial charge on any atom is -0.508 e. The number of phenolic OH excluding ortho intramolecular Hbond substituents is 1. The van der Waals surface area contributed by atoms with Gasteiger partial charge in [-0.25, -0.2) is 4.98 Å². The second-order valence-corrected chi connectivity index (χ2v) is 4.42. The fourth-order valence-electron chi connectivity index (χ4n) is 1.65. The van der Waals surface area contributed by atoms with Crippen LogP contribution < -0.4 is 5.32 Å². The first-order chi connectivity index (χ1) is 9.08. The molecule has 0 aliphatic rings. The van der Waals surface area contributed by atoms with Gasteiger partial charge in [0.1, 0.15) is 10.9 Å². The topological polar surface area (TPSA) is 62.2 Å². The SMILES string of the molecule is CCc1cc(C(=O)Nc2cccc(O)c2)cc(Cl)n1. The molecule has 2 N–H and O–H groups in total. The zero-order valence-corrected chi connectivity index (χ0v) is 11.1. The molecule has 1 aromatic heterocycles. The van der Waals surface area contributed by atoms with E-state index in [1.165, 1.54) is 18.2 Å². The van der Waals surface area contributed by atoms with Crippen molar-refractivity contribution >= 4 is 23.2 Å². The zero-order chi connectivity index (χ0) is 13.8. The molecular formula is C14H13ClN2O2. The van der Waals surface area contributed by atoms with Crippen LogP contribution in [-0.2, 0) is 6.42 Å². The van der Waals surface area contributed by atoms with Crippen LogP contribution in [0.15, 0.2) is 36.4 Å². The number of anilines is 1. The molecule has 0 atom stereocenters. The Morgan fingerprint density at radius 1 is 1.37 bits per heavy atom. The van der Waals surface area contributed by atoms with Crippen LogP contribution in [0.3, 0.4) is 0 Å². The molecule has 0 fully saturated rings. The van der Waals surface area contributed by atoms with Gasteiger partial charge in [-0.2, -0.15) is 0 Å². The van der Waals surface area contributed by atoms with Gasteiger partial charge in [-0.3, -0.25) is 4.79 Å². The van der Waals surface area contributed by atoms with Crippen LogP contribution >= 0.6 is 11.6 Å². The summed E-state index contributed by atoms with van der Waals surface area (Å²) < 4.78 is 0. The molecule has 0 saturated carbocycles. The molecule has 0 saturated heterocycles. The van der Waals surface area contributed by atoms with Gasteiger partial charge in [0.15, 0.2) is 0 Å². The van der Waals surface area contributed by atoms with Crippen LogP contribution in [0.4, 0.5) is 5.69 Å². The normalized spacial score (nSPS) is 10.2. The molecule has 2 aromatic rings. The lowest BCUT2D eigenvalue weighted by molar-refractivity contribution is 0.102. The van der Waals surface area contributed by atoms with Crippen molar-refractivity contribution in [3.8, 4) is 5.75 Å². The van der Waals surface area contributed by atoms with Crippen molar-refractivity contribution in [2.75, 3.05) is 5.32 Å². The summed E-state index contributed by atoms with van der Waals surface area (Å²) in [6.45, 7) is 1.94. The Kier molecular flexibility index (Phi) is 4.02. The van der Waals surface area contributed by atoms with E-state index in [1.807, 2.05) is 6.92 Å². The standard InChI is InChI=1S/C14H13ClN2O2/c1-2-10-6-9(7-13(15)16-10)14(19)17-11-4-3-5-12(18)8-11/h3-8,18H,2H2,1H3,(H,17,19). The Labute approximate surface area is 116 Å². The van der Waals surface area contributed by atoms with Gasteiger partial charge in [-0.05, 0) is 30.7 Å². The summed E-state index contributed by atoms with van der Waals surface area (Å²) in [6.07, 6.45) is 0.701. The number of phenols is 1. The van der Waals surface area contributed by atoms with Gasteiger partial charge < -0.3 is 10.4 Å². The molecule has 1 amide bonds. The van der Waals surface area contributed by atoms with Crippen LogP contribution in [0.25, 0.3) is 0 Å². The number of carbonyl (C=O) groups excluding carboxylic acids is 1. The lowest BCUT2D eigenvalue weighted by atomic mass is 10.2. The lowest BCUT2D eigenvalue weighted by Gasteiger charge is -2.07. The van der Waals surface area contributed by atoms with Crippen molar-refractivity contribution in [3.63, 3.8) is 0 Å². The Balaban J connectivity index is 2.22. The first kappa shape index (κ1) is 13.4. The van der Waals surface area contributed by atoms with Gasteiger partial charge in [0.25, 0.3) is 5.91 Å². The highest BCUT2D eigenvalue weighted by Gasteiger charge is 2.09. The summed E-state index contributed by atoms with van der Waals surface area (Å²) in [4.78, 5) is 16.2. The van der Waals surface area contributed by atoms with E-state index in [4.69, 9.17) is 11.6 Å². The molecule has 0 aliphatic heterocycles. The van der Waals surface area contributed by atoms with E-state index in [9.17, 15) is 9.90 Å². The quantitative estimate of drug-likeness (QED) is 0.846. The van der Waals surface area contributed by atoms with Gasteiger partial charge >= 0.3 is 0 Å². The van der Waals surface area contributed by atoms with Gasteiger partial charge in [0.05, 0.1) is 0 Å². The number of hydrogen-bond donors (Lipinski definition) is 2. The number of carbonyl (C=O) groups is 1. The number of nitrogens with one attached hydrogen (secondary N) is 1. The Hall–Kier alpha value is -2.07. The number of amides is 1. The van der Waals surface area contributed by atoms with Crippen molar-refractivity contribution in [1.82, 2.24) is 4.98 Å². The highest BCUT2D eigenvalue weighted by atomic mass is 35.5. The number of aromatic hydroxyl groups is 1. The predicted molar refractivity (Wildman–Crippen MR) is 74.7 cm³/mol. The minimum atomic E-state index is -0.287. The van der Waals surface area contributed by atoms with E-state index in [0.29, 0.717) is 22.8 Å². The molecule has 19 heavy (non-hydrogen) atoms. The third kappa shape index (κ3) is 3.45. The molecule has 98 valence electrons. The maximum absolute atomic E-state index is 12.1. The number of nitrogens with zero attached hydrogens (tertiary/aromatic N) is 1. The summed E-state index contributed by atoms with van der Waals surface area (Å²) in [5.41, 5.74) is 1.73. The van der Waals surface area contributed by atoms with Crippen LogP contribution in [0.1, 0.15) is 23.0 Å². The van der Waals surface area contributed by atoms with Crippen LogP contribution in [0.2, 0.25) is 5.15 Å². The molecule has 2 rings (SSSR count). The Bertz CT molecular complexity index is 614. The predicted octanol–water partition coefficient (Wildman–Crippen LogP) is 3.26. The summed E-state index contributed by atoms with van der Waals surface area (Å²) >= 11 is 5.87. The molecule has 0 aliphatic carbocycles. The van der Waals surface area contributed by atoms with Crippen LogP contribution in [0, 0.1) is 0 Å². The van der Waals surface area contributed by atoms with Gasteiger partial charge in [0, 0.05) is 23.0 Å². The fourth-order valence-corrected chi connectivity index (χ4v) is 1.88. The monoisotopic (exact) mass is 276 g/mol. The molecule has 0 bridgehead atoms. The molecule has 0 unspecified atom stereocenters. The van der Waals surface area contributed by atoms with Crippen LogP contribution in [0.5, 0.6) is 5.75 Å². The Morgan fingerprint density at radius 3 is 2.84 bits per heavy atom. The third-order valence-corrected chi connectivity index (χ3v) is 2.77. The highest BCUT2D eigenvalue weighted by Crippen LogP contribution is 2.17. The van der Waals surface area contributed by atoms with E-state index in [1.54, 1.807) is 18.2 Å². The lowest BCUT2D eigenvalue weighted by Crippen LogP contribution is -2.12. The van der Waals surface area contributed by atoms with Crippen LogP contribution in [-0.4, -0.2) is 16.0 Å². The van der Waals surface area contributed by atoms with Crippen molar-refractivity contribution in [3.05, 3.63) is 52.8 Å². The maximum Gasteiger partial charge on any atom is 0.255 e. The van der Waals surface area contributed by atoms with E-state index >= 15 is 0 Å². The Morgan fingerprint density at radius 2 is 2.16 bits per heavy atom. The first-order valence-electron chi connectivity index (χ1n) is 5.85. The fraction of sp³-hybridized carbons (Fsp3) is 0.143. The largest absolute Gasteiger partial charge is 0.508 e. The summed E-state index contributed by atoms with van der Waals surface area (Å²) in [5.74, 6) is -0.190. The molecule has 4 nitrogen and oxygen atoms in total. The number of hydrogen-bond acceptors (Lipinski definition) is 3. The summed E-state index contributed by atoms with van der Waals surface area (Å²) in [6, 6.07) is 9.57. The number of pyridine rings is 1. The van der Waals surface area contributed by atoms with E-state index < -0.39 is 0 Å². The summed E-state index contributed by atoms with van der Waals surface area (Å²) in [7, 11) is 0. The van der Waals surface area contributed by atoms with E-state index in [-0.39, 0.29) is 11.7 Å². The number of rotatable bonds is 3. The number of halogens is 1. The molecule has 1 heterocycles. The molecule has 5 heteroatoms. The minimum absolute atomic E-state index is 0.0970. The number of aryl methyl sites for hydroxylation is 1. The van der Waals surface area contributed by atoms with Crippen molar-refractivity contribution < 1.29 is 9.90 Å². The number of benzene rings is 1. The van der Waals surface area contributed by atoms with Gasteiger partial charge in [-0.1, -0.05) is 24.6 Å². The second kappa shape index (κ2) is 5.71. The molecule has 0 spiro atoms. The second-order valence-electron chi connectivity index (χ2n) is 4.03. The smallest absolute Gasteiger partial charge is 0.255 e. The summed E-state index contributed by atoms with van der Waals surface area (Å²) in [5, 5.41) is 12.3. The van der Waals surface area contributed by atoms with E-state index in [0.717, 1.165) is 5.69 Å². The first-order valence-corrected chi connectivity index (χ1v) is 6.23. The van der Waals surface area contributed by atoms with Crippen molar-refractivity contribution in [2.24, 2.45) is 0 Å². The molecular weight excluding hydrogens is 264 g/mol. The maximum atomic E-state index is 12.1. The van der Waals surface area contributed by atoms with Crippen molar-refractivity contribution in [2.45, 2.75) is 13.3 Å². The zero-order valence-electron chi connectivity index (χ0n) is 10.4. The molecule has 1 aromatic carbocycles. The average molecular weight is 277 g/mol. The van der Waals surface area contributed by atoms with Gasteiger partial charge in [0.2, 0.25) is 0 Å². The number of aromatic nitrogens is 1. The average Bonchev–Trinajstić information content (AvgIpc) is 2.38. The highest BCUT2D eigenvalue weighted by molar-refractivity contribution is 6.29. The molecule has 0 radical (unpaired) electrons. The third-order valence-electron chi connectivity index (χ3n) is 2.58. The van der Waals surface area contributed by atoms with Crippen molar-refractivity contribution in [1.29, 1.82) is 0 Å². The van der Waals surface area contributed by atoms with E-state index in [2.05, 4.69) is 10.3 Å². The van der Waals surface area contributed by atoms with Gasteiger partial charge in [-0.15, -0.1) is 0 Å².